The molecule has 1 saturated carbocycles. The molecule has 1 aromatic heterocycles. The first kappa shape index (κ1) is 8.75. The molecular formula is C10H17N3. The molecule has 2 N–H and O–H groups in total. The standard InChI is InChI=1S/C10H17N3/c1-7(11)5-9-6-12-13(2)10(9)8-3-4-8/h6-8H,3-5,11H2,1-2H3. The van der Waals surface area contributed by atoms with Crippen LogP contribution in [0.3, 0.4) is 0 Å². The number of nitrogens with zero attached hydrogens (tertiary/aromatic N) is 2. The highest BCUT2D eigenvalue weighted by atomic mass is 15.3. The first-order valence-electron chi connectivity index (χ1n) is 4.95. The van der Waals surface area contributed by atoms with Gasteiger partial charge >= 0.3 is 0 Å². The van der Waals surface area contributed by atoms with Crippen molar-refractivity contribution in [2.24, 2.45) is 12.8 Å². The maximum atomic E-state index is 5.79. The van der Waals surface area contributed by atoms with Gasteiger partial charge in [-0.25, -0.2) is 0 Å². The van der Waals surface area contributed by atoms with Crippen molar-refractivity contribution in [2.75, 3.05) is 0 Å². The minimum Gasteiger partial charge on any atom is -0.328 e. The van der Waals surface area contributed by atoms with Crippen LogP contribution in [-0.2, 0) is 13.5 Å². The van der Waals surface area contributed by atoms with Crippen LogP contribution in [0.1, 0.15) is 36.9 Å². The van der Waals surface area contributed by atoms with Crippen LogP contribution >= 0.6 is 0 Å². The van der Waals surface area contributed by atoms with Crippen molar-refractivity contribution < 1.29 is 0 Å². The molecule has 0 amide bonds. The Morgan fingerprint density at radius 1 is 1.69 bits per heavy atom. The van der Waals surface area contributed by atoms with Crippen molar-refractivity contribution in [1.29, 1.82) is 0 Å². The van der Waals surface area contributed by atoms with Crippen molar-refractivity contribution in [1.82, 2.24) is 9.78 Å². The average Bonchev–Trinajstić information content (AvgIpc) is 2.79. The van der Waals surface area contributed by atoms with E-state index in [1.54, 1.807) is 0 Å². The minimum absolute atomic E-state index is 0.238. The van der Waals surface area contributed by atoms with Gasteiger partial charge in [-0.1, -0.05) is 0 Å². The van der Waals surface area contributed by atoms with E-state index in [2.05, 4.69) is 5.10 Å². The smallest absolute Gasteiger partial charge is 0.0525 e. The molecule has 0 aromatic carbocycles. The van der Waals surface area contributed by atoms with Crippen LogP contribution in [0.4, 0.5) is 0 Å². The lowest BCUT2D eigenvalue weighted by atomic mass is 10.1. The van der Waals surface area contributed by atoms with E-state index in [9.17, 15) is 0 Å². The first-order valence-corrected chi connectivity index (χ1v) is 4.95. The Bertz CT molecular complexity index is 297. The molecule has 0 saturated heterocycles. The Labute approximate surface area is 78.9 Å². The van der Waals surface area contributed by atoms with Gasteiger partial charge in [0.2, 0.25) is 0 Å². The molecule has 72 valence electrons. The van der Waals surface area contributed by atoms with Crippen LogP contribution in [-0.4, -0.2) is 15.8 Å². The largest absolute Gasteiger partial charge is 0.328 e. The van der Waals surface area contributed by atoms with Crippen LogP contribution < -0.4 is 5.73 Å². The molecule has 3 heteroatoms. The summed E-state index contributed by atoms with van der Waals surface area (Å²) in [6, 6.07) is 0.238. The van der Waals surface area contributed by atoms with E-state index in [4.69, 9.17) is 5.73 Å². The molecule has 3 nitrogen and oxygen atoms in total. The summed E-state index contributed by atoms with van der Waals surface area (Å²) in [6.07, 6.45) is 5.58. The molecule has 1 atom stereocenters. The molecule has 1 heterocycles. The predicted octanol–water partition coefficient (Wildman–Crippen LogP) is 1.19. The van der Waals surface area contributed by atoms with E-state index >= 15 is 0 Å². The fraction of sp³-hybridized carbons (Fsp3) is 0.700. The van der Waals surface area contributed by atoms with Crippen molar-refractivity contribution in [3.8, 4) is 0 Å². The number of aromatic nitrogens is 2. The van der Waals surface area contributed by atoms with Crippen molar-refractivity contribution in [3.63, 3.8) is 0 Å². The van der Waals surface area contributed by atoms with Gasteiger partial charge in [0.1, 0.15) is 0 Å². The van der Waals surface area contributed by atoms with Gasteiger partial charge < -0.3 is 5.73 Å². The summed E-state index contributed by atoms with van der Waals surface area (Å²) in [5.74, 6) is 0.765. The summed E-state index contributed by atoms with van der Waals surface area (Å²) in [6.45, 7) is 2.05. The maximum absolute atomic E-state index is 5.79. The lowest BCUT2D eigenvalue weighted by Gasteiger charge is -2.06. The number of rotatable bonds is 3. The molecule has 1 aliphatic carbocycles. The Hall–Kier alpha value is -0.830. The minimum atomic E-state index is 0.238. The summed E-state index contributed by atoms with van der Waals surface area (Å²) in [5, 5.41) is 4.29. The third kappa shape index (κ3) is 1.75. The molecule has 0 radical (unpaired) electrons. The fourth-order valence-electron chi connectivity index (χ4n) is 1.88. The van der Waals surface area contributed by atoms with E-state index < -0.39 is 0 Å². The summed E-state index contributed by atoms with van der Waals surface area (Å²) in [4.78, 5) is 0. The SMILES string of the molecule is CC(N)Cc1cnn(C)c1C1CC1. The number of hydrogen-bond donors (Lipinski definition) is 1. The van der Waals surface area contributed by atoms with Crippen LogP contribution in [0.5, 0.6) is 0 Å². The third-order valence-electron chi connectivity index (χ3n) is 2.57. The zero-order chi connectivity index (χ0) is 9.42. The number of nitrogens with two attached hydrogens (primary N) is 1. The second kappa shape index (κ2) is 3.14. The van der Waals surface area contributed by atoms with Crippen LogP contribution in [0.25, 0.3) is 0 Å². The second-order valence-electron chi connectivity index (χ2n) is 4.13. The Balaban J connectivity index is 2.23. The molecule has 2 rings (SSSR count). The highest BCUT2D eigenvalue weighted by Gasteiger charge is 2.29. The van der Waals surface area contributed by atoms with Gasteiger partial charge in [0.05, 0.1) is 6.20 Å². The zero-order valence-electron chi connectivity index (χ0n) is 8.33. The highest BCUT2D eigenvalue weighted by molar-refractivity contribution is 5.26. The van der Waals surface area contributed by atoms with Crippen molar-refractivity contribution in [3.05, 3.63) is 17.5 Å². The van der Waals surface area contributed by atoms with Crippen LogP contribution in [0.15, 0.2) is 6.20 Å². The lowest BCUT2D eigenvalue weighted by Crippen LogP contribution is -2.18. The molecular weight excluding hydrogens is 162 g/mol. The summed E-state index contributed by atoms with van der Waals surface area (Å²) < 4.78 is 2.01. The molecule has 1 aromatic rings. The lowest BCUT2D eigenvalue weighted by molar-refractivity contribution is 0.695. The van der Waals surface area contributed by atoms with Crippen molar-refractivity contribution in [2.45, 2.75) is 38.1 Å². The zero-order valence-corrected chi connectivity index (χ0v) is 8.33. The molecule has 1 fully saturated rings. The predicted molar refractivity (Wildman–Crippen MR) is 52.5 cm³/mol. The topological polar surface area (TPSA) is 43.8 Å². The van der Waals surface area contributed by atoms with Gasteiger partial charge in [0.25, 0.3) is 0 Å². The van der Waals surface area contributed by atoms with Crippen LogP contribution in [0, 0.1) is 0 Å². The molecule has 1 unspecified atom stereocenters. The molecule has 13 heavy (non-hydrogen) atoms. The Morgan fingerprint density at radius 2 is 2.38 bits per heavy atom. The summed E-state index contributed by atoms with van der Waals surface area (Å²) in [7, 11) is 2.03. The van der Waals surface area contributed by atoms with E-state index in [0.717, 1.165) is 12.3 Å². The Morgan fingerprint density at radius 3 is 2.92 bits per heavy atom. The van der Waals surface area contributed by atoms with Gasteiger partial charge in [0, 0.05) is 24.7 Å². The molecule has 0 aliphatic heterocycles. The molecule has 0 bridgehead atoms. The maximum Gasteiger partial charge on any atom is 0.0525 e. The van der Waals surface area contributed by atoms with Gasteiger partial charge in [-0.15, -0.1) is 0 Å². The highest BCUT2D eigenvalue weighted by Crippen LogP contribution is 2.41. The quantitative estimate of drug-likeness (QED) is 0.757. The Kier molecular flexibility index (Phi) is 2.12. The van der Waals surface area contributed by atoms with E-state index in [1.807, 2.05) is 24.9 Å². The van der Waals surface area contributed by atoms with Gasteiger partial charge in [0.15, 0.2) is 0 Å². The van der Waals surface area contributed by atoms with E-state index in [1.165, 1.54) is 24.1 Å². The number of hydrogen-bond acceptors (Lipinski definition) is 2. The van der Waals surface area contributed by atoms with Gasteiger partial charge in [-0.2, -0.15) is 5.10 Å². The average molecular weight is 179 g/mol. The second-order valence-corrected chi connectivity index (χ2v) is 4.13. The normalized spacial score (nSPS) is 19.0. The molecule has 0 spiro atoms. The number of aryl methyl sites for hydroxylation is 1. The van der Waals surface area contributed by atoms with Crippen LogP contribution in [0.2, 0.25) is 0 Å². The summed E-state index contributed by atoms with van der Waals surface area (Å²) >= 11 is 0. The monoisotopic (exact) mass is 179 g/mol. The van der Waals surface area contributed by atoms with Crippen molar-refractivity contribution >= 4 is 0 Å². The van der Waals surface area contributed by atoms with Gasteiger partial charge in [-0.05, 0) is 31.7 Å². The third-order valence-corrected chi connectivity index (χ3v) is 2.57. The van der Waals surface area contributed by atoms with E-state index in [-0.39, 0.29) is 6.04 Å². The van der Waals surface area contributed by atoms with E-state index in [0.29, 0.717) is 0 Å². The molecule has 1 aliphatic rings. The fourth-order valence-corrected chi connectivity index (χ4v) is 1.88. The van der Waals surface area contributed by atoms with Gasteiger partial charge in [-0.3, -0.25) is 4.68 Å². The summed E-state index contributed by atoms with van der Waals surface area (Å²) in [5.41, 5.74) is 8.55. The first-order chi connectivity index (χ1) is 6.18.